The summed E-state index contributed by atoms with van der Waals surface area (Å²) in [5.41, 5.74) is 0. The van der Waals surface area contributed by atoms with Gasteiger partial charge >= 0.3 is 0 Å². The fraction of sp³-hybridized carbons (Fsp3) is 0.579. The average Bonchev–Trinajstić information content (AvgIpc) is 2.62. The second-order valence-corrected chi connectivity index (χ2v) is 6.17. The largest absolute Gasteiger partial charge is 0.494 e. The number of carbonyl (C=O) groups excluding carboxylic acids is 2. The third-order valence-corrected chi connectivity index (χ3v) is 4.19. The molecule has 1 fully saturated rings. The summed E-state index contributed by atoms with van der Waals surface area (Å²) in [6.45, 7) is 5.88. The lowest BCUT2D eigenvalue weighted by molar-refractivity contribution is -0.134. The lowest BCUT2D eigenvalue weighted by Gasteiger charge is -2.32. The maximum absolute atomic E-state index is 12.3. The number of nitrogens with zero attached hydrogens (tertiary/aromatic N) is 1. The quantitative estimate of drug-likeness (QED) is 0.783. The van der Waals surface area contributed by atoms with Crippen molar-refractivity contribution in [1.29, 1.82) is 0 Å². The van der Waals surface area contributed by atoms with Crippen LogP contribution >= 0.6 is 0 Å². The molecule has 1 aromatic rings. The lowest BCUT2D eigenvalue weighted by atomic mass is 10.0. The summed E-state index contributed by atoms with van der Waals surface area (Å²) in [6, 6.07) is 7.43. The van der Waals surface area contributed by atoms with Gasteiger partial charge in [0.15, 0.2) is 6.61 Å². The maximum atomic E-state index is 12.3. The second kappa shape index (κ2) is 9.91. The Balaban J connectivity index is 1.70. The molecule has 1 aromatic carbocycles. The van der Waals surface area contributed by atoms with E-state index in [4.69, 9.17) is 9.47 Å². The highest BCUT2D eigenvalue weighted by Gasteiger charge is 2.23. The van der Waals surface area contributed by atoms with Crippen LogP contribution in [0.4, 0.5) is 0 Å². The van der Waals surface area contributed by atoms with E-state index in [1.807, 2.05) is 26.0 Å². The van der Waals surface area contributed by atoms with Gasteiger partial charge in [0.25, 0.3) is 5.91 Å². The highest BCUT2D eigenvalue weighted by molar-refractivity contribution is 5.78. The van der Waals surface area contributed by atoms with E-state index in [0.717, 1.165) is 25.0 Å². The third-order valence-electron chi connectivity index (χ3n) is 4.19. The van der Waals surface area contributed by atoms with Gasteiger partial charge in [-0.2, -0.15) is 0 Å². The van der Waals surface area contributed by atoms with Crippen LogP contribution in [-0.4, -0.2) is 49.1 Å². The fourth-order valence-corrected chi connectivity index (χ4v) is 2.84. The van der Waals surface area contributed by atoms with Crippen LogP contribution in [-0.2, 0) is 9.59 Å². The first-order valence-electron chi connectivity index (χ1n) is 9.05. The van der Waals surface area contributed by atoms with Crippen LogP contribution in [0, 0.1) is 0 Å². The first-order chi connectivity index (χ1) is 12.1. The molecule has 1 heterocycles. The van der Waals surface area contributed by atoms with Crippen LogP contribution < -0.4 is 14.8 Å². The van der Waals surface area contributed by atoms with Gasteiger partial charge in [-0.05, 0) is 50.5 Å². The molecule has 2 rings (SSSR count). The number of piperidine rings is 1. The predicted octanol–water partition coefficient (Wildman–Crippen LogP) is 2.37. The zero-order valence-electron chi connectivity index (χ0n) is 15.1. The van der Waals surface area contributed by atoms with Crippen LogP contribution in [0.3, 0.4) is 0 Å². The summed E-state index contributed by atoms with van der Waals surface area (Å²) in [4.78, 5) is 25.7. The van der Waals surface area contributed by atoms with Gasteiger partial charge in [0.05, 0.1) is 6.61 Å². The van der Waals surface area contributed by atoms with E-state index in [1.54, 1.807) is 17.0 Å². The molecule has 0 atom stereocenters. The Morgan fingerprint density at radius 2 is 1.68 bits per heavy atom. The molecule has 1 N–H and O–H groups in total. The minimum atomic E-state index is -0.0211. The van der Waals surface area contributed by atoms with Crippen LogP contribution in [0.1, 0.15) is 39.5 Å². The van der Waals surface area contributed by atoms with E-state index < -0.39 is 0 Å². The minimum absolute atomic E-state index is 0.0211. The number of nitrogens with one attached hydrogen (secondary N) is 1. The van der Waals surface area contributed by atoms with Crippen molar-refractivity contribution in [2.24, 2.45) is 0 Å². The Kier molecular flexibility index (Phi) is 7.57. The van der Waals surface area contributed by atoms with Gasteiger partial charge in [0, 0.05) is 25.6 Å². The Morgan fingerprint density at radius 1 is 1.08 bits per heavy atom. The number of carbonyl (C=O) groups is 2. The summed E-state index contributed by atoms with van der Waals surface area (Å²) < 4.78 is 10.9. The molecular weight excluding hydrogens is 320 g/mol. The molecule has 0 aromatic heterocycles. The Morgan fingerprint density at radius 3 is 2.24 bits per heavy atom. The molecule has 0 saturated carbocycles. The SMILES string of the molecule is CCCC(=O)NC1CCN(C(=O)COc2ccc(OCC)cc2)CC1. The topological polar surface area (TPSA) is 67.9 Å². The molecule has 0 radical (unpaired) electrons. The Bertz CT molecular complexity index is 551. The molecule has 6 heteroatoms. The van der Waals surface area contributed by atoms with Gasteiger partial charge in [-0.15, -0.1) is 0 Å². The Hall–Kier alpha value is -2.24. The van der Waals surface area contributed by atoms with Gasteiger partial charge < -0.3 is 19.7 Å². The molecule has 2 amide bonds. The average molecular weight is 348 g/mol. The normalized spacial score (nSPS) is 14.9. The van der Waals surface area contributed by atoms with Crippen LogP contribution in [0.25, 0.3) is 0 Å². The van der Waals surface area contributed by atoms with E-state index in [2.05, 4.69) is 5.32 Å². The highest BCUT2D eigenvalue weighted by Crippen LogP contribution is 2.18. The molecule has 1 aliphatic rings. The van der Waals surface area contributed by atoms with Gasteiger partial charge in [-0.3, -0.25) is 9.59 Å². The zero-order valence-corrected chi connectivity index (χ0v) is 15.1. The van der Waals surface area contributed by atoms with Gasteiger partial charge in [-0.1, -0.05) is 6.92 Å². The van der Waals surface area contributed by atoms with Crippen molar-refractivity contribution in [3.05, 3.63) is 24.3 Å². The van der Waals surface area contributed by atoms with Crippen molar-refractivity contribution in [3.8, 4) is 11.5 Å². The lowest BCUT2D eigenvalue weighted by Crippen LogP contribution is -2.47. The molecule has 0 aliphatic carbocycles. The third kappa shape index (κ3) is 6.29. The van der Waals surface area contributed by atoms with E-state index in [9.17, 15) is 9.59 Å². The molecule has 1 saturated heterocycles. The molecular formula is C19H28N2O4. The minimum Gasteiger partial charge on any atom is -0.494 e. The zero-order chi connectivity index (χ0) is 18.1. The van der Waals surface area contributed by atoms with Crippen molar-refractivity contribution >= 4 is 11.8 Å². The Labute approximate surface area is 149 Å². The number of amides is 2. The number of rotatable bonds is 8. The monoisotopic (exact) mass is 348 g/mol. The summed E-state index contributed by atoms with van der Waals surface area (Å²) in [7, 11) is 0. The molecule has 138 valence electrons. The molecule has 0 spiro atoms. The molecule has 25 heavy (non-hydrogen) atoms. The first-order valence-corrected chi connectivity index (χ1v) is 9.05. The summed E-state index contributed by atoms with van der Waals surface area (Å²) in [5, 5.41) is 3.03. The number of likely N-dealkylation sites (tertiary alicyclic amines) is 1. The van der Waals surface area contributed by atoms with Gasteiger partial charge in [0.2, 0.25) is 5.91 Å². The molecule has 0 unspecified atom stereocenters. The molecule has 6 nitrogen and oxygen atoms in total. The highest BCUT2D eigenvalue weighted by atomic mass is 16.5. The van der Waals surface area contributed by atoms with Crippen molar-refractivity contribution in [2.75, 3.05) is 26.3 Å². The van der Waals surface area contributed by atoms with Crippen molar-refractivity contribution < 1.29 is 19.1 Å². The van der Waals surface area contributed by atoms with Crippen molar-refractivity contribution in [1.82, 2.24) is 10.2 Å². The standard InChI is InChI=1S/C19H28N2O4/c1-3-5-18(22)20-15-10-12-21(13-11-15)19(23)14-25-17-8-6-16(7-9-17)24-4-2/h6-9,15H,3-5,10-14H2,1-2H3,(H,20,22). The van der Waals surface area contributed by atoms with Crippen LogP contribution in [0.15, 0.2) is 24.3 Å². The van der Waals surface area contributed by atoms with Gasteiger partial charge in [0.1, 0.15) is 11.5 Å². The van der Waals surface area contributed by atoms with Crippen LogP contribution in [0.2, 0.25) is 0 Å². The molecule has 1 aliphatic heterocycles. The summed E-state index contributed by atoms with van der Waals surface area (Å²) >= 11 is 0. The smallest absolute Gasteiger partial charge is 0.260 e. The predicted molar refractivity (Wildman–Crippen MR) is 95.8 cm³/mol. The van der Waals surface area contributed by atoms with E-state index in [-0.39, 0.29) is 24.5 Å². The number of hydrogen-bond donors (Lipinski definition) is 1. The van der Waals surface area contributed by atoms with E-state index in [1.165, 1.54) is 0 Å². The molecule has 0 bridgehead atoms. The van der Waals surface area contributed by atoms with E-state index in [0.29, 0.717) is 31.9 Å². The van der Waals surface area contributed by atoms with Crippen molar-refractivity contribution in [3.63, 3.8) is 0 Å². The summed E-state index contributed by atoms with van der Waals surface area (Å²) in [5.74, 6) is 1.52. The second-order valence-electron chi connectivity index (χ2n) is 6.17. The van der Waals surface area contributed by atoms with E-state index >= 15 is 0 Å². The number of hydrogen-bond acceptors (Lipinski definition) is 4. The van der Waals surface area contributed by atoms with Crippen molar-refractivity contribution in [2.45, 2.75) is 45.6 Å². The maximum Gasteiger partial charge on any atom is 0.260 e. The number of ether oxygens (including phenoxy) is 2. The summed E-state index contributed by atoms with van der Waals surface area (Å²) in [6.07, 6.45) is 3.01. The van der Waals surface area contributed by atoms with Crippen LogP contribution in [0.5, 0.6) is 11.5 Å². The fourth-order valence-electron chi connectivity index (χ4n) is 2.84. The number of benzene rings is 1. The van der Waals surface area contributed by atoms with Gasteiger partial charge in [-0.25, -0.2) is 0 Å². The first kappa shape index (κ1) is 19.1.